The fraction of sp³-hybridized carbons (Fsp3) is 0.467. The summed E-state index contributed by atoms with van der Waals surface area (Å²) in [6, 6.07) is 3.89. The molecule has 0 unspecified atom stereocenters. The standard InChI is InChI=1S/C15H16F3N3O3/c16-15(17,18)8-21-3-4-24-7-12(21)14(23)19-10-1-2-11-9(5-10)6-13(22)20-11/h1-2,5,12H,3-4,6-8H2,(H,19,23)(H,20,22)/t12-/m1/s1. The molecule has 6 nitrogen and oxygen atoms in total. The summed E-state index contributed by atoms with van der Waals surface area (Å²) in [6.45, 7) is -1.04. The first-order valence-electron chi connectivity index (χ1n) is 7.44. The second-order valence-electron chi connectivity index (χ2n) is 5.76. The number of carbonyl (C=O) groups is 2. The van der Waals surface area contributed by atoms with Gasteiger partial charge in [0.25, 0.3) is 0 Å². The van der Waals surface area contributed by atoms with Crippen molar-refractivity contribution >= 4 is 23.2 Å². The molecule has 1 fully saturated rings. The molecule has 1 aromatic carbocycles. The number of amides is 2. The number of morpholine rings is 1. The molecule has 2 aliphatic rings. The molecule has 130 valence electrons. The van der Waals surface area contributed by atoms with Crippen LogP contribution < -0.4 is 10.6 Å². The number of ether oxygens (including phenoxy) is 1. The van der Waals surface area contributed by atoms with E-state index in [2.05, 4.69) is 10.6 Å². The molecule has 0 bridgehead atoms. The van der Waals surface area contributed by atoms with Gasteiger partial charge in [-0.25, -0.2) is 0 Å². The van der Waals surface area contributed by atoms with Crippen LogP contribution in [0.15, 0.2) is 18.2 Å². The van der Waals surface area contributed by atoms with Crippen molar-refractivity contribution in [2.45, 2.75) is 18.6 Å². The van der Waals surface area contributed by atoms with E-state index in [4.69, 9.17) is 4.74 Å². The highest BCUT2D eigenvalue weighted by molar-refractivity contribution is 6.01. The van der Waals surface area contributed by atoms with Crippen molar-refractivity contribution in [1.82, 2.24) is 4.90 Å². The van der Waals surface area contributed by atoms with E-state index in [1.54, 1.807) is 18.2 Å². The summed E-state index contributed by atoms with van der Waals surface area (Å²) in [7, 11) is 0. The fourth-order valence-electron chi connectivity index (χ4n) is 2.83. The van der Waals surface area contributed by atoms with Gasteiger partial charge in [0.2, 0.25) is 11.8 Å². The van der Waals surface area contributed by atoms with Crippen LogP contribution in [0.3, 0.4) is 0 Å². The van der Waals surface area contributed by atoms with Gasteiger partial charge in [-0.2, -0.15) is 13.2 Å². The lowest BCUT2D eigenvalue weighted by molar-refractivity contribution is -0.165. The van der Waals surface area contributed by atoms with Crippen molar-refractivity contribution in [2.24, 2.45) is 0 Å². The van der Waals surface area contributed by atoms with Gasteiger partial charge < -0.3 is 15.4 Å². The van der Waals surface area contributed by atoms with Gasteiger partial charge in [-0.05, 0) is 23.8 Å². The number of fused-ring (bicyclic) bond motifs is 1. The Morgan fingerprint density at radius 1 is 1.42 bits per heavy atom. The molecule has 0 aliphatic carbocycles. The normalized spacial score (nSPS) is 21.3. The average Bonchev–Trinajstić information content (AvgIpc) is 2.85. The molecule has 2 aliphatic heterocycles. The van der Waals surface area contributed by atoms with E-state index >= 15 is 0 Å². The zero-order valence-electron chi connectivity index (χ0n) is 12.7. The van der Waals surface area contributed by atoms with Crippen LogP contribution in [0.25, 0.3) is 0 Å². The fourth-order valence-corrected chi connectivity index (χ4v) is 2.83. The minimum Gasteiger partial charge on any atom is -0.378 e. The lowest BCUT2D eigenvalue weighted by Crippen LogP contribution is -2.54. The minimum absolute atomic E-state index is 0.0419. The number of hydrogen-bond donors (Lipinski definition) is 2. The van der Waals surface area contributed by atoms with E-state index in [9.17, 15) is 22.8 Å². The number of hydrogen-bond acceptors (Lipinski definition) is 4. The zero-order valence-corrected chi connectivity index (χ0v) is 12.7. The molecule has 2 N–H and O–H groups in total. The molecule has 1 saturated heterocycles. The highest BCUT2D eigenvalue weighted by Gasteiger charge is 2.38. The van der Waals surface area contributed by atoms with Crippen LogP contribution in [0.4, 0.5) is 24.5 Å². The Hall–Kier alpha value is -2.13. The highest BCUT2D eigenvalue weighted by Crippen LogP contribution is 2.26. The first-order valence-corrected chi connectivity index (χ1v) is 7.44. The number of rotatable bonds is 3. The zero-order chi connectivity index (χ0) is 17.3. The largest absolute Gasteiger partial charge is 0.401 e. The Morgan fingerprint density at radius 2 is 2.21 bits per heavy atom. The van der Waals surface area contributed by atoms with Gasteiger partial charge in [0.15, 0.2) is 0 Å². The second-order valence-corrected chi connectivity index (χ2v) is 5.76. The van der Waals surface area contributed by atoms with Crippen molar-refractivity contribution in [2.75, 3.05) is 36.9 Å². The number of halogens is 3. The smallest absolute Gasteiger partial charge is 0.378 e. The lowest BCUT2D eigenvalue weighted by atomic mass is 10.1. The third-order valence-electron chi connectivity index (χ3n) is 3.92. The van der Waals surface area contributed by atoms with Gasteiger partial charge in [0.1, 0.15) is 6.04 Å². The molecule has 3 rings (SSSR count). The van der Waals surface area contributed by atoms with E-state index in [0.717, 1.165) is 10.5 Å². The molecule has 0 radical (unpaired) electrons. The molecule has 9 heteroatoms. The lowest BCUT2D eigenvalue weighted by Gasteiger charge is -2.34. The summed E-state index contributed by atoms with van der Waals surface area (Å²) in [5.74, 6) is -0.693. The quantitative estimate of drug-likeness (QED) is 0.870. The van der Waals surface area contributed by atoms with Gasteiger partial charge in [-0.15, -0.1) is 0 Å². The number of anilines is 2. The van der Waals surface area contributed by atoms with Crippen molar-refractivity contribution in [1.29, 1.82) is 0 Å². The summed E-state index contributed by atoms with van der Waals surface area (Å²) >= 11 is 0. The maximum atomic E-state index is 12.6. The highest BCUT2D eigenvalue weighted by atomic mass is 19.4. The molecule has 0 aromatic heterocycles. The predicted octanol–water partition coefficient (Wildman–Crippen LogP) is 1.38. The number of alkyl halides is 3. The molecule has 2 amide bonds. The molecular formula is C15H16F3N3O3. The average molecular weight is 343 g/mol. The molecule has 1 aromatic rings. The first kappa shape index (κ1) is 16.7. The first-order chi connectivity index (χ1) is 11.3. The van der Waals surface area contributed by atoms with E-state index < -0.39 is 24.7 Å². The summed E-state index contributed by atoms with van der Waals surface area (Å²) in [4.78, 5) is 24.7. The number of carbonyl (C=O) groups excluding carboxylic acids is 2. The topological polar surface area (TPSA) is 70.7 Å². The molecule has 2 heterocycles. The van der Waals surface area contributed by atoms with Crippen molar-refractivity contribution in [3.05, 3.63) is 23.8 Å². The maximum absolute atomic E-state index is 12.6. The van der Waals surface area contributed by atoms with Crippen LogP contribution in [0.2, 0.25) is 0 Å². The van der Waals surface area contributed by atoms with E-state index in [1.165, 1.54) is 0 Å². The van der Waals surface area contributed by atoms with Crippen LogP contribution in [0, 0.1) is 0 Å². The van der Waals surface area contributed by atoms with E-state index in [0.29, 0.717) is 11.4 Å². The van der Waals surface area contributed by atoms with Crippen LogP contribution in [-0.4, -0.2) is 55.2 Å². The van der Waals surface area contributed by atoms with Gasteiger partial charge in [0, 0.05) is 17.9 Å². The van der Waals surface area contributed by atoms with Gasteiger partial charge in [-0.3, -0.25) is 14.5 Å². The number of nitrogens with zero attached hydrogens (tertiary/aromatic N) is 1. The maximum Gasteiger partial charge on any atom is 0.401 e. The molecule has 0 saturated carbocycles. The summed E-state index contributed by atoms with van der Waals surface area (Å²) in [5, 5.41) is 5.27. The second kappa shape index (κ2) is 6.40. The SMILES string of the molecule is O=C1Cc2cc(NC(=O)[C@H]3COCCN3CC(F)(F)F)ccc2N1. The number of nitrogens with one attached hydrogen (secondary N) is 2. The molecule has 1 atom stereocenters. The van der Waals surface area contributed by atoms with Crippen LogP contribution in [0.5, 0.6) is 0 Å². The minimum atomic E-state index is -4.38. The molecule has 24 heavy (non-hydrogen) atoms. The van der Waals surface area contributed by atoms with Crippen molar-refractivity contribution < 1.29 is 27.5 Å². The Bertz CT molecular complexity index is 663. The summed E-state index contributed by atoms with van der Waals surface area (Å²) in [5.41, 5.74) is 1.86. The van der Waals surface area contributed by atoms with Crippen LogP contribution in [0.1, 0.15) is 5.56 Å². The monoisotopic (exact) mass is 343 g/mol. The predicted molar refractivity (Wildman–Crippen MR) is 79.6 cm³/mol. The molecule has 0 spiro atoms. The third-order valence-corrected chi connectivity index (χ3v) is 3.92. The van der Waals surface area contributed by atoms with Gasteiger partial charge in [0.05, 0.1) is 26.2 Å². The van der Waals surface area contributed by atoms with E-state index in [-0.39, 0.29) is 32.1 Å². The van der Waals surface area contributed by atoms with Crippen LogP contribution >= 0.6 is 0 Å². The van der Waals surface area contributed by atoms with Crippen molar-refractivity contribution in [3.8, 4) is 0 Å². The van der Waals surface area contributed by atoms with Crippen LogP contribution in [-0.2, 0) is 20.7 Å². The Morgan fingerprint density at radius 3 is 2.96 bits per heavy atom. The Balaban J connectivity index is 1.69. The van der Waals surface area contributed by atoms with Crippen molar-refractivity contribution in [3.63, 3.8) is 0 Å². The third kappa shape index (κ3) is 3.85. The number of benzene rings is 1. The Kier molecular flexibility index (Phi) is 4.46. The summed E-state index contributed by atoms with van der Waals surface area (Å²) in [6.07, 6.45) is -4.17. The van der Waals surface area contributed by atoms with E-state index in [1.807, 2.05) is 0 Å². The molecular weight excluding hydrogens is 327 g/mol. The summed E-state index contributed by atoms with van der Waals surface area (Å²) < 4.78 is 43.1. The van der Waals surface area contributed by atoms with Gasteiger partial charge in [-0.1, -0.05) is 0 Å². The van der Waals surface area contributed by atoms with Gasteiger partial charge >= 0.3 is 6.18 Å². The Labute approximate surface area is 135 Å².